The topological polar surface area (TPSA) is 99.3 Å². The molecule has 2 N–H and O–H groups in total. The largest absolute Gasteiger partial charge is 0.456 e. The summed E-state index contributed by atoms with van der Waals surface area (Å²) < 4.78 is 28.1. The molecule has 0 saturated carbocycles. The zero-order chi connectivity index (χ0) is 19.6. The summed E-state index contributed by atoms with van der Waals surface area (Å²) in [5, 5.41) is 7.76. The Morgan fingerprint density at radius 3 is 2.59 bits per heavy atom. The van der Waals surface area contributed by atoms with E-state index in [4.69, 9.17) is 21.5 Å². The van der Waals surface area contributed by atoms with Crippen molar-refractivity contribution in [3.63, 3.8) is 0 Å². The van der Waals surface area contributed by atoms with Gasteiger partial charge in [0.25, 0.3) is 0 Å². The van der Waals surface area contributed by atoms with Gasteiger partial charge in [0.1, 0.15) is 11.6 Å². The number of benzene rings is 2. The first-order valence-electron chi connectivity index (χ1n) is 7.75. The molecule has 0 atom stereocenters. The zero-order valence-corrected chi connectivity index (χ0v) is 16.6. The summed E-state index contributed by atoms with van der Waals surface area (Å²) in [7, 11) is -3.95. The Labute approximate surface area is 165 Å². The molecule has 0 aliphatic rings. The first-order valence-corrected chi connectivity index (χ1v) is 10.6. The fourth-order valence-corrected chi connectivity index (χ4v) is 3.80. The van der Waals surface area contributed by atoms with Crippen LogP contribution in [-0.2, 0) is 21.4 Å². The monoisotopic (exact) mass is 422 g/mol. The maximum absolute atomic E-state index is 12.3. The van der Waals surface area contributed by atoms with Gasteiger partial charge >= 0.3 is 5.97 Å². The number of esters is 1. The van der Waals surface area contributed by atoms with Crippen LogP contribution in [-0.4, -0.2) is 19.4 Å². The van der Waals surface area contributed by atoms with Gasteiger partial charge in [0, 0.05) is 10.9 Å². The number of sulfonamides is 1. The van der Waals surface area contributed by atoms with Gasteiger partial charge in [0.05, 0.1) is 21.2 Å². The average molecular weight is 423 g/mol. The van der Waals surface area contributed by atoms with Crippen LogP contribution in [0.15, 0.2) is 52.7 Å². The van der Waals surface area contributed by atoms with E-state index in [1.54, 1.807) is 5.38 Å². The van der Waals surface area contributed by atoms with E-state index < -0.39 is 16.0 Å². The van der Waals surface area contributed by atoms with Crippen molar-refractivity contribution < 1.29 is 17.9 Å². The van der Waals surface area contributed by atoms with Gasteiger partial charge < -0.3 is 4.74 Å². The van der Waals surface area contributed by atoms with Crippen LogP contribution in [0.5, 0.6) is 0 Å². The van der Waals surface area contributed by atoms with Crippen molar-refractivity contribution in [3.8, 4) is 10.6 Å². The highest BCUT2D eigenvalue weighted by Gasteiger charge is 2.17. The third-order valence-electron chi connectivity index (χ3n) is 3.69. The van der Waals surface area contributed by atoms with Gasteiger partial charge in [-0.3, -0.25) is 0 Å². The van der Waals surface area contributed by atoms with E-state index in [9.17, 15) is 13.2 Å². The van der Waals surface area contributed by atoms with Gasteiger partial charge in [0.2, 0.25) is 10.0 Å². The second-order valence-corrected chi connectivity index (χ2v) is 8.60. The van der Waals surface area contributed by atoms with Gasteiger partial charge in [-0.1, -0.05) is 41.4 Å². The maximum atomic E-state index is 12.3. The molecule has 0 radical (unpaired) electrons. The quantitative estimate of drug-likeness (QED) is 0.631. The molecule has 2 aromatic carbocycles. The molecule has 140 valence electrons. The second-order valence-electron chi connectivity index (χ2n) is 5.77. The minimum atomic E-state index is -3.95. The highest BCUT2D eigenvalue weighted by molar-refractivity contribution is 7.89. The third-order valence-corrected chi connectivity index (χ3v) is 5.87. The van der Waals surface area contributed by atoms with Crippen molar-refractivity contribution in [2.24, 2.45) is 5.14 Å². The Morgan fingerprint density at radius 1 is 1.22 bits per heavy atom. The Bertz CT molecular complexity index is 1090. The lowest BCUT2D eigenvalue weighted by molar-refractivity contribution is 0.0468. The number of hydrogen-bond donors (Lipinski definition) is 1. The van der Waals surface area contributed by atoms with E-state index in [-0.39, 0.29) is 22.1 Å². The van der Waals surface area contributed by atoms with E-state index >= 15 is 0 Å². The number of aromatic nitrogens is 1. The lowest BCUT2D eigenvalue weighted by atomic mass is 10.2. The highest BCUT2D eigenvalue weighted by Crippen LogP contribution is 2.25. The number of halogens is 1. The fourth-order valence-electron chi connectivity index (χ4n) is 2.26. The molecule has 9 heteroatoms. The summed E-state index contributed by atoms with van der Waals surface area (Å²) in [4.78, 5) is 16.5. The number of rotatable bonds is 5. The highest BCUT2D eigenvalue weighted by atomic mass is 35.5. The molecule has 0 bridgehead atoms. The van der Waals surface area contributed by atoms with E-state index in [0.717, 1.165) is 22.2 Å². The molecule has 27 heavy (non-hydrogen) atoms. The Morgan fingerprint density at radius 2 is 1.93 bits per heavy atom. The van der Waals surface area contributed by atoms with E-state index in [1.165, 1.54) is 23.5 Å². The number of carbonyl (C=O) groups is 1. The third kappa shape index (κ3) is 4.72. The zero-order valence-electron chi connectivity index (χ0n) is 14.2. The number of thiazole rings is 1. The predicted molar refractivity (Wildman–Crippen MR) is 104 cm³/mol. The molecular weight excluding hydrogens is 408 g/mol. The van der Waals surface area contributed by atoms with Crippen molar-refractivity contribution in [2.75, 3.05) is 0 Å². The molecule has 0 unspecified atom stereocenters. The smallest absolute Gasteiger partial charge is 0.340 e. The molecule has 0 fully saturated rings. The Balaban J connectivity index is 1.72. The van der Waals surface area contributed by atoms with Crippen LogP contribution in [0.25, 0.3) is 10.6 Å². The number of aryl methyl sites for hydroxylation is 1. The normalized spacial score (nSPS) is 11.4. The summed E-state index contributed by atoms with van der Waals surface area (Å²) in [6, 6.07) is 11.6. The predicted octanol–water partition coefficient (Wildman–Crippen LogP) is 3.78. The Hall–Kier alpha value is -2.26. The minimum absolute atomic E-state index is 0.0584. The SMILES string of the molecule is Cc1ccc(-c2nc(COC(=O)c3cc(S(N)(=O)=O)ccc3Cl)cs2)cc1. The number of nitrogens with zero attached hydrogens (tertiary/aromatic N) is 1. The van der Waals surface area contributed by atoms with Crippen LogP contribution in [0.2, 0.25) is 5.02 Å². The summed E-state index contributed by atoms with van der Waals surface area (Å²) in [6.45, 7) is 1.95. The summed E-state index contributed by atoms with van der Waals surface area (Å²) in [5.74, 6) is -0.754. The standard InChI is InChI=1S/C18H15ClN2O4S2/c1-11-2-4-12(5-3-11)17-21-13(10-26-17)9-25-18(22)15-8-14(27(20,23)24)6-7-16(15)19/h2-8,10H,9H2,1H3,(H2,20,23,24). The van der Waals surface area contributed by atoms with Crippen LogP contribution < -0.4 is 5.14 Å². The van der Waals surface area contributed by atoms with Gasteiger partial charge in [-0.05, 0) is 25.1 Å². The van der Waals surface area contributed by atoms with Crippen molar-refractivity contribution in [1.82, 2.24) is 4.98 Å². The van der Waals surface area contributed by atoms with Gasteiger partial charge in [-0.25, -0.2) is 23.3 Å². The molecule has 0 saturated heterocycles. The molecule has 0 aliphatic carbocycles. The van der Waals surface area contributed by atoms with Crippen molar-refractivity contribution in [3.05, 3.63) is 69.7 Å². The van der Waals surface area contributed by atoms with E-state index in [2.05, 4.69) is 4.98 Å². The molecule has 0 spiro atoms. The van der Waals surface area contributed by atoms with E-state index in [1.807, 2.05) is 31.2 Å². The molecule has 3 rings (SSSR count). The number of primary sulfonamides is 1. The Kier molecular flexibility index (Phi) is 5.61. The van der Waals surface area contributed by atoms with Gasteiger partial charge in [0.15, 0.2) is 0 Å². The summed E-state index contributed by atoms with van der Waals surface area (Å²) in [5.41, 5.74) is 2.65. The van der Waals surface area contributed by atoms with Crippen LogP contribution in [0, 0.1) is 6.92 Å². The summed E-state index contributed by atoms with van der Waals surface area (Å²) in [6.07, 6.45) is 0. The number of ether oxygens (including phenoxy) is 1. The maximum Gasteiger partial charge on any atom is 0.340 e. The second kappa shape index (κ2) is 7.77. The van der Waals surface area contributed by atoms with Crippen LogP contribution in [0.1, 0.15) is 21.6 Å². The molecule has 0 amide bonds. The van der Waals surface area contributed by atoms with Crippen molar-refractivity contribution in [1.29, 1.82) is 0 Å². The van der Waals surface area contributed by atoms with Crippen LogP contribution in [0.4, 0.5) is 0 Å². The number of carbonyl (C=O) groups excluding carboxylic acids is 1. The van der Waals surface area contributed by atoms with Gasteiger partial charge in [-0.15, -0.1) is 11.3 Å². The van der Waals surface area contributed by atoms with E-state index in [0.29, 0.717) is 5.69 Å². The molecule has 1 heterocycles. The van der Waals surface area contributed by atoms with Crippen molar-refractivity contribution >= 4 is 38.9 Å². The van der Waals surface area contributed by atoms with Gasteiger partial charge in [-0.2, -0.15) is 0 Å². The first kappa shape index (κ1) is 19.5. The lowest BCUT2D eigenvalue weighted by Crippen LogP contribution is -2.14. The number of hydrogen-bond acceptors (Lipinski definition) is 6. The fraction of sp³-hybridized carbons (Fsp3) is 0.111. The van der Waals surface area contributed by atoms with Crippen LogP contribution in [0.3, 0.4) is 0 Å². The number of nitrogens with two attached hydrogens (primary N) is 1. The average Bonchev–Trinajstić information content (AvgIpc) is 3.08. The lowest BCUT2D eigenvalue weighted by Gasteiger charge is -2.06. The van der Waals surface area contributed by atoms with Crippen molar-refractivity contribution in [2.45, 2.75) is 18.4 Å². The molecule has 0 aliphatic heterocycles. The molecular formula is C18H15ClN2O4S2. The van der Waals surface area contributed by atoms with Crippen LogP contribution >= 0.6 is 22.9 Å². The molecule has 1 aromatic heterocycles. The molecule has 3 aromatic rings. The minimum Gasteiger partial charge on any atom is -0.456 e. The summed E-state index contributed by atoms with van der Waals surface area (Å²) >= 11 is 7.41. The molecule has 6 nitrogen and oxygen atoms in total. The first-order chi connectivity index (χ1) is 12.7.